The molecule has 0 amide bonds. The van der Waals surface area contributed by atoms with Crippen molar-refractivity contribution in [1.29, 1.82) is 0 Å². The number of hydrogen-bond acceptors (Lipinski definition) is 5. The Bertz CT molecular complexity index is 1220. The zero-order chi connectivity index (χ0) is 21.4. The van der Waals surface area contributed by atoms with Gasteiger partial charge in [-0.05, 0) is 43.5 Å². The molecule has 31 heavy (non-hydrogen) atoms. The lowest BCUT2D eigenvalue weighted by atomic mass is 10.0. The van der Waals surface area contributed by atoms with Crippen LogP contribution in [0.4, 0.5) is 0 Å². The van der Waals surface area contributed by atoms with Crippen molar-refractivity contribution in [3.8, 4) is 17.0 Å². The van der Waals surface area contributed by atoms with E-state index in [0.29, 0.717) is 30.1 Å². The standard InChI is InChI=1S/C26H25N3O2/c1-16(30)18-7-9-19(10-8-18)23-14-27-17(2)28-26(23)31-15-21-13-22(21)25-12-11-20-5-3-4-6-24(20)29-25/h3-12,14,16,21-22,30H,13,15H2,1-2H3. The molecule has 0 saturated heterocycles. The first-order valence-corrected chi connectivity index (χ1v) is 10.7. The van der Waals surface area contributed by atoms with E-state index in [4.69, 9.17) is 9.72 Å². The molecule has 5 rings (SSSR count). The van der Waals surface area contributed by atoms with Crippen LogP contribution in [-0.2, 0) is 0 Å². The van der Waals surface area contributed by atoms with Gasteiger partial charge in [-0.2, -0.15) is 4.98 Å². The summed E-state index contributed by atoms with van der Waals surface area (Å²) >= 11 is 0. The number of fused-ring (bicyclic) bond motifs is 1. The number of rotatable bonds is 6. The first kappa shape index (κ1) is 19.6. The van der Waals surface area contributed by atoms with Gasteiger partial charge >= 0.3 is 0 Å². The van der Waals surface area contributed by atoms with E-state index in [0.717, 1.165) is 34.3 Å². The highest BCUT2D eigenvalue weighted by molar-refractivity contribution is 5.78. The van der Waals surface area contributed by atoms with Crippen LogP contribution in [-0.4, -0.2) is 26.7 Å². The number of aryl methyl sites for hydroxylation is 1. The smallest absolute Gasteiger partial charge is 0.224 e. The van der Waals surface area contributed by atoms with Crippen molar-refractivity contribution in [2.45, 2.75) is 32.3 Å². The van der Waals surface area contributed by atoms with Gasteiger partial charge in [-0.1, -0.05) is 48.5 Å². The molecular formula is C26H25N3O2. The molecule has 3 unspecified atom stereocenters. The van der Waals surface area contributed by atoms with Crippen LogP contribution < -0.4 is 4.74 Å². The molecule has 2 aromatic carbocycles. The van der Waals surface area contributed by atoms with Gasteiger partial charge in [-0.15, -0.1) is 0 Å². The first-order chi connectivity index (χ1) is 15.1. The molecule has 2 heterocycles. The number of nitrogens with zero attached hydrogens (tertiary/aromatic N) is 3. The maximum atomic E-state index is 9.75. The first-order valence-electron chi connectivity index (χ1n) is 10.7. The van der Waals surface area contributed by atoms with Crippen LogP contribution in [0, 0.1) is 12.8 Å². The van der Waals surface area contributed by atoms with Gasteiger partial charge in [0, 0.05) is 29.1 Å². The summed E-state index contributed by atoms with van der Waals surface area (Å²) in [5.41, 5.74) is 4.90. The summed E-state index contributed by atoms with van der Waals surface area (Å²) in [6, 6.07) is 20.3. The average molecular weight is 412 g/mol. The minimum Gasteiger partial charge on any atom is -0.477 e. The van der Waals surface area contributed by atoms with Crippen molar-refractivity contribution >= 4 is 10.9 Å². The molecule has 2 aromatic heterocycles. The molecular weight excluding hydrogens is 386 g/mol. The van der Waals surface area contributed by atoms with Crippen LogP contribution >= 0.6 is 0 Å². The number of pyridine rings is 1. The van der Waals surface area contributed by atoms with E-state index >= 15 is 0 Å². The molecule has 0 spiro atoms. The van der Waals surface area contributed by atoms with E-state index in [1.54, 1.807) is 6.92 Å². The lowest BCUT2D eigenvalue weighted by molar-refractivity contribution is 0.199. The largest absolute Gasteiger partial charge is 0.477 e. The van der Waals surface area contributed by atoms with Crippen molar-refractivity contribution in [3.63, 3.8) is 0 Å². The molecule has 1 aliphatic rings. The Morgan fingerprint density at radius 1 is 1.03 bits per heavy atom. The second kappa shape index (κ2) is 8.08. The van der Waals surface area contributed by atoms with E-state index in [1.807, 2.05) is 49.5 Å². The molecule has 156 valence electrons. The predicted molar refractivity (Wildman–Crippen MR) is 121 cm³/mol. The number of ether oxygens (including phenoxy) is 1. The van der Waals surface area contributed by atoms with Crippen LogP contribution in [0.3, 0.4) is 0 Å². The highest BCUT2D eigenvalue weighted by atomic mass is 16.5. The van der Waals surface area contributed by atoms with Crippen LogP contribution in [0.25, 0.3) is 22.0 Å². The van der Waals surface area contributed by atoms with E-state index in [1.165, 1.54) is 5.39 Å². The van der Waals surface area contributed by atoms with E-state index in [9.17, 15) is 5.11 Å². The second-order valence-corrected chi connectivity index (χ2v) is 8.28. The van der Waals surface area contributed by atoms with Crippen LogP contribution in [0.2, 0.25) is 0 Å². The lowest BCUT2D eigenvalue weighted by Gasteiger charge is -2.12. The summed E-state index contributed by atoms with van der Waals surface area (Å²) < 4.78 is 6.18. The van der Waals surface area contributed by atoms with Gasteiger partial charge in [-0.25, -0.2) is 4.98 Å². The fourth-order valence-electron chi connectivity index (χ4n) is 3.97. The Hall–Kier alpha value is -3.31. The summed E-state index contributed by atoms with van der Waals surface area (Å²) in [4.78, 5) is 13.7. The Kier molecular flexibility index (Phi) is 5.12. The normalized spacial score (nSPS) is 18.7. The minimum absolute atomic E-state index is 0.432. The van der Waals surface area contributed by atoms with Gasteiger partial charge in [0.2, 0.25) is 5.88 Å². The van der Waals surface area contributed by atoms with Crippen LogP contribution in [0.15, 0.2) is 66.9 Å². The zero-order valence-corrected chi connectivity index (χ0v) is 17.7. The highest BCUT2D eigenvalue weighted by Gasteiger charge is 2.40. The van der Waals surface area contributed by atoms with Crippen molar-refractivity contribution in [2.24, 2.45) is 5.92 Å². The van der Waals surface area contributed by atoms with Gasteiger partial charge in [0.25, 0.3) is 0 Å². The van der Waals surface area contributed by atoms with Gasteiger partial charge in [-0.3, -0.25) is 4.98 Å². The molecule has 1 N–H and O–H groups in total. The monoisotopic (exact) mass is 411 g/mol. The van der Waals surface area contributed by atoms with Crippen LogP contribution in [0.5, 0.6) is 5.88 Å². The molecule has 4 aromatic rings. The Balaban J connectivity index is 1.31. The lowest BCUT2D eigenvalue weighted by Crippen LogP contribution is -2.05. The molecule has 0 radical (unpaired) electrons. The van der Waals surface area contributed by atoms with E-state index < -0.39 is 6.10 Å². The minimum atomic E-state index is -0.491. The molecule has 0 bridgehead atoms. The molecule has 5 heteroatoms. The number of aliphatic hydroxyl groups excluding tert-OH is 1. The molecule has 1 saturated carbocycles. The molecule has 0 aliphatic heterocycles. The van der Waals surface area contributed by atoms with E-state index in [-0.39, 0.29) is 0 Å². The third-order valence-corrected chi connectivity index (χ3v) is 5.93. The molecule has 1 aliphatic carbocycles. The Morgan fingerprint density at radius 2 is 1.84 bits per heavy atom. The Labute approximate surface area is 181 Å². The molecule has 1 fully saturated rings. The van der Waals surface area contributed by atoms with Gasteiger partial charge in [0.15, 0.2) is 0 Å². The maximum Gasteiger partial charge on any atom is 0.224 e. The maximum absolute atomic E-state index is 9.75. The number of aromatic nitrogens is 3. The van der Waals surface area contributed by atoms with Crippen molar-refractivity contribution in [2.75, 3.05) is 6.61 Å². The number of para-hydroxylation sites is 1. The summed E-state index contributed by atoms with van der Waals surface area (Å²) in [5, 5.41) is 10.9. The average Bonchev–Trinajstić information content (AvgIpc) is 3.57. The molecule has 5 nitrogen and oxygen atoms in total. The number of aliphatic hydroxyl groups is 1. The SMILES string of the molecule is Cc1ncc(-c2ccc(C(C)O)cc2)c(OCC2CC2c2ccc3ccccc3n2)n1. The molecule has 3 atom stereocenters. The van der Waals surface area contributed by atoms with Gasteiger partial charge in [0.1, 0.15) is 5.82 Å². The predicted octanol–water partition coefficient (Wildman–Crippen LogP) is 5.24. The van der Waals surface area contributed by atoms with Crippen molar-refractivity contribution in [1.82, 2.24) is 15.0 Å². The summed E-state index contributed by atoms with van der Waals surface area (Å²) in [5.74, 6) is 2.16. The summed E-state index contributed by atoms with van der Waals surface area (Å²) in [6.45, 7) is 4.23. The summed E-state index contributed by atoms with van der Waals surface area (Å²) in [6.07, 6.45) is 2.40. The van der Waals surface area contributed by atoms with Crippen molar-refractivity contribution in [3.05, 3.63) is 83.9 Å². The second-order valence-electron chi connectivity index (χ2n) is 8.28. The third-order valence-electron chi connectivity index (χ3n) is 5.93. The number of benzene rings is 2. The third kappa shape index (κ3) is 4.14. The van der Waals surface area contributed by atoms with Crippen molar-refractivity contribution < 1.29 is 9.84 Å². The summed E-state index contributed by atoms with van der Waals surface area (Å²) in [7, 11) is 0. The highest BCUT2D eigenvalue weighted by Crippen LogP contribution is 2.47. The van der Waals surface area contributed by atoms with E-state index in [2.05, 4.69) is 34.2 Å². The Morgan fingerprint density at radius 3 is 2.65 bits per heavy atom. The zero-order valence-electron chi connectivity index (χ0n) is 17.7. The van der Waals surface area contributed by atoms with Gasteiger partial charge in [0.05, 0.1) is 23.8 Å². The quantitative estimate of drug-likeness (QED) is 0.470. The number of hydrogen-bond donors (Lipinski definition) is 1. The fraction of sp³-hybridized carbons (Fsp3) is 0.269. The fourth-order valence-corrected chi connectivity index (χ4v) is 3.97. The topological polar surface area (TPSA) is 68.1 Å². The van der Waals surface area contributed by atoms with Crippen LogP contribution in [0.1, 0.15) is 42.4 Å². The van der Waals surface area contributed by atoms with Gasteiger partial charge < -0.3 is 9.84 Å².